The minimum absolute atomic E-state index is 0.109. The zero-order chi connectivity index (χ0) is 16.8. The summed E-state index contributed by atoms with van der Waals surface area (Å²) in [5, 5.41) is 0. The Morgan fingerprint density at radius 2 is 1.38 bits per heavy atom. The van der Waals surface area contributed by atoms with Gasteiger partial charge in [-0.1, -0.05) is 0 Å². The lowest BCUT2D eigenvalue weighted by molar-refractivity contribution is -0.140. The van der Waals surface area contributed by atoms with Gasteiger partial charge in [0.25, 0.3) is 0 Å². The van der Waals surface area contributed by atoms with Crippen molar-refractivity contribution in [1.29, 1.82) is 0 Å². The molecule has 0 amide bonds. The van der Waals surface area contributed by atoms with Crippen molar-refractivity contribution >= 4 is 5.97 Å². The number of allylic oxidation sites excluding steroid dienone is 1. The molecule has 0 aliphatic carbocycles. The Morgan fingerprint density at radius 3 is 1.83 bits per heavy atom. The first-order valence-corrected chi connectivity index (χ1v) is 7.65. The summed E-state index contributed by atoms with van der Waals surface area (Å²) in [5.74, 6) is 1.80. The van der Waals surface area contributed by atoms with Crippen LogP contribution in [0.1, 0.15) is 24.2 Å². The maximum absolute atomic E-state index is 12.4. The van der Waals surface area contributed by atoms with Crippen molar-refractivity contribution in [3.8, 4) is 0 Å². The van der Waals surface area contributed by atoms with Crippen molar-refractivity contribution in [2.24, 2.45) is 0 Å². The highest BCUT2D eigenvalue weighted by atomic mass is 16.5. The molecule has 5 heteroatoms. The number of carbonyl (C=O) groups excluding carboxylic acids is 1. The van der Waals surface area contributed by atoms with E-state index < -0.39 is 0 Å². The monoisotopic (exact) mass is 326 g/mol. The molecule has 0 unspecified atom stereocenters. The number of ether oxygens (including phenoxy) is 1. The summed E-state index contributed by atoms with van der Waals surface area (Å²) < 4.78 is 21.3. The van der Waals surface area contributed by atoms with Gasteiger partial charge in [-0.05, 0) is 48.9 Å². The molecule has 0 aliphatic heterocycles. The van der Waals surface area contributed by atoms with Gasteiger partial charge in [0.15, 0.2) is 0 Å². The van der Waals surface area contributed by atoms with Crippen LogP contribution in [-0.4, -0.2) is 5.97 Å². The van der Waals surface area contributed by atoms with Gasteiger partial charge in [0.1, 0.15) is 23.9 Å². The van der Waals surface area contributed by atoms with Crippen LogP contribution < -0.4 is 0 Å². The maximum atomic E-state index is 12.4. The SMILES string of the molecule is CC(C(=O)OCc1ccco1)=C(Cc1ccco1)Cc1ccco1. The van der Waals surface area contributed by atoms with E-state index in [1.54, 1.807) is 37.8 Å². The van der Waals surface area contributed by atoms with E-state index in [4.69, 9.17) is 18.0 Å². The second-order valence-corrected chi connectivity index (χ2v) is 5.40. The fourth-order valence-corrected chi connectivity index (χ4v) is 2.36. The van der Waals surface area contributed by atoms with E-state index >= 15 is 0 Å². The summed E-state index contributed by atoms with van der Waals surface area (Å²) in [7, 11) is 0. The molecule has 0 N–H and O–H groups in total. The summed E-state index contributed by atoms with van der Waals surface area (Å²) in [6.07, 6.45) is 5.82. The van der Waals surface area contributed by atoms with E-state index in [1.807, 2.05) is 24.3 Å². The smallest absolute Gasteiger partial charge is 0.334 e. The van der Waals surface area contributed by atoms with Crippen LogP contribution in [0.25, 0.3) is 0 Å². The Balaban J connectivity index is 1.75. The molecule has 0 atom stereocenters. The van der Waals surface area contributed by atoms with Crippen LogP contribution in [0.4, 0.5) is 0 Å². The Hall–Kier alpha value is -2.95. The standard InChI is InChI=1S/C19H18O5/c1-14(19(20)24-13-18-7-4-10-23-18)15(11-16-5-2-8-21-16)12-17-6-3-9-22-17/h2-10H,11-13H2,1H3. The highest BCUT2D eigenvalue weighted by Crippen LogP contribution is 2.20. The van der Waals surface area contributed by atoms with Crippen LogP contribution in [0.15, 0.2) is 79.6 Å². The van der Waals surface area contributed by atoms with Gasteiger partial charge in [-0.3, -0.25) is 0 Å². The summed E-state index contributed by atoms with van der Waals surface area (Å²) in [4.78, 5) is 12.4. The second-order valence-electron chi connectivity index (χ2n) is 5.40. The molecule has 0 saturated carbocycles. The zero-order valence-corrected chi connectivity index (χ0v) is 13.4. The van der Waals surface area contributed by atoms with Gasteiger partial charge >= 0.3 is 5.97 Å². The zero-order valence-electron chi connectivity index (χ0n) is 13.4. The molecule has 0 fully saturated rings. The number of rotatable bonds is 7. The van der Waals surface area contributed by atoms with Gasteiger partial charge in [0.2, 0.25) is 0 Å². The third-order valence-electron chi connectivity index (χ3n) is 3.70. The second kappa shape index (κ2) is 7.55. The van der Waals surface area contributed by atoms with E-state index in [1.165, 1.54) is 0 Å². The van der Waals surface area contributed by atoms with Crippen molar-refractivity contribution in [2.45, 2.75) is 26.4 Å². The molecule has 0 aromatic carbocycles. The minimum atomic E-state index is -0.375. The first kappa shape index (κ1) is 15.9. The number of esters is 1. The third kappa shape index (κ3) is 4.07. The van der Waals surface area contributed by atoms with Crippen LogP contribution in [0.3, 0.4) is 0 Å². The lowest BCUT2D eigenvalue weighted by atomic mass is 10.00. The molecule has 0 spiro atoms. The Bertz CT molecular complexity index is 739. The van der Waals surface area contributed by atoms with Crippen LogP contribution in [0.5, 0.6) is 0 Å². The number of carbonyl (C=O) groups is 1. The Kier molecular flexibility index (Phi) is 5.01. The number of hydrogen-bond donors (Lipinski definition) is 0. The molecule has 0 aliphatic rings. The normalized spacial score (nSPS) is 10.5. The van der Waals surface area contributed by atoms with Gasteiger partial charge in [0.05, 0.1) is 18.8 Å². The number of furan rings is 3. The summed E-state index contributed by atoms with van der Waals surface area (Å²) in [5.41, 5.74) is 1.44. The van der Waals surface area contributed by atoms with E-state index in [2.05, 4.69) is 0 Å². The van der Waals surface area contributed by atoms with E-state index in [-0.39, 0.29) is 12.6 Å². The third-order valence-corrected chi connectivity index (χ3v) is 3.70. The van der Waals surface area contributed by atoms with Crippen molar-refractivity contribution in [3.63, 3.8) is 0 Å². The van der Waals surface area contributed by atoms with Gasteiger partial charge < -0.3 is 18.0 Å². The molecular weight excluding hydrogens is 308 g/mol. The van der Waals surface area contributed by atoms with Crippen molar-refractivity contribution in [1.82, 2.24) is 0 Å². The van der Waals surface area contributed by atoms with Crippen molar-refractivity contribution in [2.75, 3.05) is 0 Å². The largest absolute Gasteiger partial charge is 0.469 e. The molecule has 3 rings (SSSR count). The van der Waals surface area contributed by atoms with E-state index in [0.29, 0.717) is 24.2 Å². The topological polar surface area (TPSA) is 65.7 Å². The lowest BCUT2D eigenvalue weighted by Crippen LogP contribution is -2.10. The van der Waals surface area contributed by atoms with E-state index in [0.717, 1.165) is 17.1 Å². The molecule has 0 bridgehead atoms. The minimum Gasteiger partial charge on any atom is -0.469 e. The van der Waals surface area contributed by atoms with Crippen molar-refractivity contribution < 1.29 is 22.8 Å². The molecule has 0 radical (unpaired) electrons. The average Bonchev–Trinajstić information content (AvgIpc) is 3.33. The Morgan fingerprint density at radius 1 is 0.875 bits per heavy atom. The summed E-state index contributed by atoms with van der Waals surface area (Å²) in [6.45, 7) is 1.86. The highest BCUT2D eigenvalue weighted by molar-refractivity contribution is 5.88. The summed E-state index contributed by atoms with van der Waals surface area (Å²) >= 11 is 0. The van der Waals surface area contributed by atoms with Gasteiger partial charge in [0, 0.05) is 18.4 Å². The average molecular weight is 326 g/mol. The first-order valence-electron chi connectivity index (χ1n) is 7.65. The molecule has 124 valence electrons. The maximum Gasteiger partial charge on any atom is 0.334 e. The number of hydrogen-bond acceptors (Lipinski definition) is 5. The molecular formula is C19H18O5. The quantitative estimate of drug-likeness (QED) is 0.478. The molecule has 3 aromatic heterocycles. The lowest BCUT2D eigenvalue weighted by Gasteiger charge is -2.10. The van der Waals surface area contributed by atoms with Crippen LogP contribution in [0.2, 0.25) is 0 Å². The fourth-order valence-electron chi connectivity index (χ4n) is 2.36. The molecule has 0 saturated heterocycles. The predicted octanol–water partition coefficient (Wildman–Crippen LogP) is 4.31. The Labute approximate surface area is 139 Å². The van der Waals surface area contributed by atoms with Crippen LogP contribution >= 0.6 is 0 Å². The van der Waals surface area contributed by atoms with E-state index in [9.17, 15) is 4.79 Å². The van der Waals surface area contributed by atoms with Gasteiger partial charge in [-0.25, -0.2) is 4.79 Å². The molecule has 3 aromatic rings. The van der Waals surface area contributed by atoms with Crippen molar-refractivity contribution in [3.05, 3.63) is 83.6 Å². The molecule has 24 heavy (non-hydrogen) atoms. The fraction of sp³-hybridized carbons (Fsp3) is 0.211. The highest BCUT2D eigenvalue weighted by Gasteiger charge is 2.16. The first-order chi connectivity index (χ1) is 11.7. The summed E-state index contributed by atoms with van der Waals surface area (Å²) in [6, 6.07) is 10.9. The predicted molar refractivity (Wildman–Crippen MR) is 86.0 cm³/mol. The van der Waals surface area contributed by atoms with Gasteiger partial charge in [-0.2, -0.15) is 0 Å². The molecule has 3 heterocycles. The molecule has 5 nitrogen and oxygen atoms in total. The van der Waals surface area contributed by atoms with Crippen LogP contribution in [-0.2, 0) is 29.0 Å². The van der Waals surface area contributed by atoms with Gasteiger partial charge in [-0.15, -0.1) is 0 Å². The van der Waals surface area contributed by atoms with Crippen LogP contribution in [0, 0.1) is 0 Å².